The first-order valence-electron chi connectivity index (χ1n) is 11.7. The van der Waals surface area contributed by atoms with Crippen LogP contribution >= 0.6 is 0 Å². The van der Waals surface area contributed by atoms with Gasteiger partial charge in [0.05, 0.1) is 12.4 Å². The van der Waals surface area contributed by atoms with Crippen LogP contribution in [0, 0.1) is 22.6 Å². The Morgan fingerprint density at radius 1 is 1.20 bits per heavy atom. The third-order valence-electron chi connectivity index (χ3n) is 5.09. The van der Waals surface area contributed by atoms with Crippen LogP contribution < -0.4 is 11.5 Å². The fraction of sp³-hybridized carbons (Fsp3) is 0.400. The van der Waals surface area contributed by atoms with Crippen LogP contribution in [0.25, 0.3) is 5.70 Å². The van der Waals surface area contributed by atoms with Crippen LogP contribution in [-0.2, 0) is 5.67 Å². The molecule has 1 saturated heterocycles. The standard InChI is InChI=1S/C20H19BFN7O.C3H8.C2H6/c22-20(3-5-21(12-24)6-4-20)13-1-2-15(17(30)7-13)16(25)8-18(26)29-19-11-27-14(9-23)10-28-19;1-3-2;1-2/h1-2,7-8,10-11,30H,3-6,25H2,(H2,26,28,29);3H2,1-2H3;1-2H3/b16-8-;;. The number of hydrogen-bond donors (Lipinski definition) is 3. The molecule has 0 bridgehead atoms. The normalized spacial score (nSPS) is 14.9. The lowest BCUT2D eigenvalue weighted by atomic mass is 9.41. The summed E-state index contributed by atoms with van der Waals surface area (Å²) in [6, 6.07) is 6.33. The molecule has 0 amide bonds. The Balaban J connectivity index is 0.00000114. The zero-order valence-electron chi connectivity index (χ0n) is 20.8. The largest absolute Gasteiger partial charge is 0.507 e. The van der Waals surface area contributed by atoms with E-state index in [0.717, 1.165) is 0 Å². The van der Waals surface area contributed by atoms with Crippen molar-refractivity contribution < 1.29 is 9.50 Å². The van der Waals surface area contributed by atoms with Crippen LogP contribution in [0.2, 0.25) is 12.6 Å². The monoisotopic (exact) mass is 477 g/mol. The Morgan fingerprint density at radius 2 is 1.83 bits per heavy atom. The van der Waals surface area contributed by atoms with Crippen molar-refractivity contribution >= 4 is 24.1 Å². The molecule has 8 nitrogen and oxygen atoms in total. The highest BCUT2D eigenvalue weighted by Gasteiger charge is 2.38. The van der Waals surface area contributed by atoms with Crippen molar-refractivity contribution in [2.24, 2.45) is 16.5 Å². The van der Waals surface area contributed by atoms with Crippen LogP contribution in [0.15, 0.2) is 41.7 Å². The summed E-state index contributed by atoms with van der Waals surface area (Å²) in [6.07, 6.45) is 6.61. The predicted octanol–water partition coefficient (Wildman–Crippen LogP) is 5.00. The molecule has 3 rings (SSSR count). The summed E-state index contributed by atoms with van der Waals surface area (Å²) >= 11 is 0. The molecule has 1 aromatic carbocycles. The molecule has 0 aliphatic carbocycles. The van der Waals surface area contributed by atoms with E-state index in [9.17, 15) is 5.11 Å². The summed E-state index contributed by atoms with van der Waals surface area (Å²) in [5.41, 5.74) is 11.2. The van der Waals surface area contributed by atoms with Gasteiger partial charge in [0.15, 0.2) is 11.5 Å². The maximum atomic E-state index is 15.3. The molecule has 5 N–H and O–H groups in total. The van der Waals surface area contributed by atoms with Crippen LogP contribution in [0.5, 0.6) is 5.75 Å². The summed E-state index contributed by atoms with van der Waals surface area (Å²) < 4.78 is 15.3. The summed E-state index contributed by atoms with van der Waals surface area (Å²) in [6.45, 7) is 8.13. The molecule has 1 aliphatic rings. The number of halogens is 1. The van der Waals surface area contributed by atoms with E-state index in [1.807, 2.05) is 19.9 Å². The molecule has 1 aliphatic heterocycles. The first-order valence-corrected chi connectivity index (χ1v) is 11.7. The van der Waals surface area contributed by atoms with Gasteiger partial charge in [-0.2, -0.15) is 5.26 Å². The molecule has 1 aromatic heterocycles. The third-order valence-corrected chi connectivity index (χ3v) is 5.09. The molecule has 1 fully saturated rings. The number of rotatable bonds is 4. The zero-order valence-corrected chi connectivity index (χ0v) is 20.8. The van der Waals surface area contributed by atoms with E-state index < -0.39 is 5.67 Å². The van der Waals surface area contributed by atoms with Crippen molar-refractivity contribution in [2.45, 2.75) is 65.3 Å². The molecular weight excluding hydrogens is 444 g/mol. The maximum absolute atomic E-state index is 15.3. The second-order valence-corrected chi connectivity index (χ2v) is 7.82. The smallest absolute Gasteiger partial charge is 0.268 e. The molecule has 0 radical (unpaired) electrons. The number of aliphatic imine (C=N–C) groups is 1. The topological polar surface area (TPSA) is 158 Å². The number of nitrogens with zero attached hydrogens (tertiary/aromatic N) is 5. The minimum atomic E-state index is -1.57. The molecule has 0 spiro atoms. The van der Waals surface area contributed by atoms with Gasteiger partial charge in [0, 0.05) is 23.3 Å². The van der Waals surface area contributed by atoms with Crippen molar-refractivity contribution in [3.05, 3.63) is 53.5 Å². The van der Waals surface area contributed by atoms with Crippen molar-refractivity contribution in [2.75, 3.05) is 0 Å². The van der Waals surface area contributed by atoms with Crippen molar-refractivity contribution in [1.29, 1.82) is 10.5 Å². The average molecular weight is 477 g/mol. The number of benzene rings is 1. The van der Waals surface area contributed by atoms with Gasteiger partial charge >= 0.3 is 0 Å². The molecule has 0 atom stereocenters. The summed E-state index contributed by atoms with van der Waals surface area (Å²) in [5, 5.41) is 28.1. The van der Waals surface area contributed by atoms with E-state index >= 15 is 4.39 Å². The van der Waals surface area contributed by atoms with Crippen molar-refractivity contribution in [3.8, 4) is 17.8 Å². The highest BCUT2D eigenvalue weighted by Crippen LogP contribution is 2.42. The van der Waals surface area contributed by atoms with Crippen LogP contribution in [0.3, 0.4) is 0 Å². The number of phenols is 1. The molecule has 10 heteroatoms. The molecule has 184 valence electrons. The highest BCUT2D eigenvalue weighted by atomic mass is 19.1. The number of amidine groups is 1. The van der Waals surface area contributed by atoms with Gasteiger partial charge in [-0.25, -0.2) is 24.6 Å². The minimum absolute atomic E-state index is 0.0202. The maximum Gasteiger partial charge on any atom is 0.268 e. The lowest BCUT2D eigenvalue weighted by Crippen LogP contribution is -2.30. The van der Waals surface area contributed by atoms with Crippen molar-refractivity contribution in [1.82, 2.24) is 9.97 Å². The average Bonchev–Trinajstić information content (AvgIpc) is 2.86. The third kappa shape index (κ3) is 8.42. The molecular formula is C25H33BFN7O. The number of aromatic hydroxyl groups is 1. The van der Waals surface area contributed by atoms with Gasteiger partial charge in [0.25, 0.3) is 6.71 Å². The lowest BCUT2D eigenvalue weighted by Gasteiger charge is -2.31. The Bertz CT molecular complexity index is 1100. The predicted molar refractivity (Wildman–Crippen MR) is 139 cm³/mol. The molecule has 0 saturated carbocycles. The second kappa shape index (κ2) is 14.4. The van der Waals surface area contributed by atoms with Gasteiger partial charge < -0.3 is 16.6 Å². The first-order chi connectivity index (χ1) is 16.8. The Labute approximate surface area is 207 Å². The molecule has 0 unspecified atom stereocenters. The lowest BCUT2D eigenvalue weighted by molar-refractivity contribution is 0.144. The minimum Gasteiger partial charge on any atom is -0.507 e. The van der Waals surface area contributed by atoms with Gasteiger partial charge in [-0.1, -0.05) is 52.8 Å². The van der Waals surface area contributed by atoms with E-state index in [1.165, 1.54) is 37.0 Å². The van der Waals surface area contributed by atoms with Crippen LogP contribution in [0.4, 0.5) is 10.2 Å². The van der Waals surface area contributed by atoms with E-state index in [1.54, 1.807) is 6.07 Å². The number of nitriles is 2. The van der Waals surface area contributed by atoms with E-state index in [4.69, 9.17) is 22.0 Å². The Morgan fingerprint density at radius 3 is 2.31 bits per heavy atom. The number of alkyl halides is 1. The quantitative estimate of drug-likeness (QED) is 0.317. The SMILES string of the molecule is CC.CCC.N#CB1CCC(F)(c2ccc(/C(N)=C/C(N)=Nc3cnc(C#N)cn3)c(O)c2)CC1. The highest BCUT2D eigenvalue weighted by molar-refractivity contribution is 6.67. The fourth-order valence-corrected chi connectivity index (χ4v) is 3.39. The first kappa shape index (κ1) is 29.1. The summed E-state index contributed by atoms with van der Waals surface area (Å²) in [7, 11) is 0. The number of nitrogens with two attached hydrogens (primary N) is 2. The number of aromatic nitrogens is 2. The summed E-state index contributed by atoms with van der Waals surface area (Å²) in [4.78, 5) is 11.8. The van der Waals surface area contributed by atoms with Crippen molar-refractivity contribution in [3.63, 3.8) is 0 Å². The van der Waals surface area contributed by atoms with Crippen LogP contribution in [-0.4, -0.2) is 27.6 Å². The van der Waals surface area contributed by atoms with Gasteiger partial charge in [-0.3, -0.25) is 0 Å². The Hall–Kier alpha value is -3.92. The van der Waals surface area contributed by atoms with E-state index in [2.05, 4.69) is 34.8 Å². The van der Waals surface area contributed by atoms with Gasteiger partial charge in [-0.05, 0) is 30.5 Å². The fourth-order valence-electron chi connectivity index (χ4n) is 3.39. The number of phenolic OH excluding ortho intramolecular Hbond substituents is 1. The van der Waals surface area contributed by atoms with Crippen LogP contribution in [0.1, 0.15) is 63.8 Å². The van der Waals surface area contributed by atoms with Gasteiger partial charge in [0.1, 0.15) is 23.3 Å². The van der Waals surface area contributed by atoms with Gasteiger partial charge in [-0.15, -0.1) is 0 Å². The van der Waals surface area contributed by atoms with E-state index in [0.29, 0.717) is 18.2 Å². The molecule has 2 aromatic rings. The Kier molecular flexibility index (Phi) is 12.0. The second-order valence-electron chi connectivity index (χ2n) is 7.82. The molecule has 2 heterocycles. The zero-order chi connectivity index (χ0) is 26.4. The molecule has 35 heavy (non-hydrogen) atoms. The van der Waals surface area contributed by atoms with Gasteiger partial charge in [0.2, 0.25) is 0 Å². The van der Waals surface area contributed by atoms with E-state index in [-0.39, 0.29) is 53.9 Å². The number of hydrogen-bond acceptors (Lipinski definition) is 7. The summed E-state index contributed by atoms with van der Waals surface area (Å²) in [5.74, 6) is 2.23.